The molecule has 0 bridgehead atoms. The molecule has 0 saturated carbocycles. The largest absolute Gasteiger partial charge is 0.480 e. The predicted octanol–water partition coefficient (Wildman–Crippen LogP) is 1.55. The van der Waals surface area contributed by atoms with Gasteiger partial charge in [-0.05, 0) is 18.6 Å². The third kappa shape index (κ3) is 4.37. The summed E-state index contributed by atoms with van der Waals surface area (Å²) in [4.78, 5) is 37.8. The molecule has 132 valence electrons. The second-order valence-electron chi connectivity index (χ2n) is 5.31. The molecule has 0 aliphatic heterocycles. The van der Waals surface area contributed by atoms with Gasteiger partial charge in [-0.3, -0.25) is 14.9 Å². The number of amides is 1. The monoisotopic (exact) mass is 347 g/mol. The lowest BCUT2D eigenvalue weighted by atomic mass is 10.1. The minimum Gasteiger partial charge on any atom is -0.480 e. The van der Waals surface area contributed by atoms with Crippen molar-refractivity contribution in [3.05, 3.63) is 46.5 Å². The van der Waals surface area contributed by atoms with E-state index >= 15 is 0 Å². The average Bonchev–Trinajstić information content (AvgIpc) is 3.11. The Morgan fingerprint density at radius 2 is 2.20 bits per heavy atom. The van der Waals surface area contributed by atoms with Crippen molar-refractivity contribution in [2.24, 2.45) is 0 Å². The Morgan fingerprint density at radius 1 is 1.44 bits per heavy atom. The zero-order valence-corrected chi connectivity index (χ0v) is 13.5. The van der Waals surface area contributed by atoms with Gasteiger partial charge in [0, 0.05) is 11.6 Å². The second-order valence-corrected chi connectivity index (χ2v) is 5.31. The summed E-state index contributed by atoms with van der Waals surface area (Å²) >= 11 is 0. The number of nitrogens with zero attached hydrogens (tertiary/aromatic N) is 4. The molecule has 0 saturated heterocycles. The highest BCUT2D eigenvalue weighted by molar-refractivity contribution is 5.97. The lowest BCUT2D eigenvalue weighted by molar-refractivity contribution is -0.384. The van der Waals surface area contributed by atoms with Crippen LogP contribution in [0.4, 0.5) is 5.69 Å². The maximum absolute atomic E-state index is 12.3. The van der Waals surface area contributed by atoms with Crippen LogP contribution in [0.2, 0.25) is 0 Å². The highest BCUT2D eigenvalue weighted by Gasteiger charge is 2.23. The SMILES string of the molecule is CCCCC(NC(=O)c1ccc(-n2cncn2)c([N+](=O)[O-])c1)C(=O)O. The number of aliphatic carboxylic acids is 1. The van der Waals surface area contributed by atoms with Crippen LogP contribution in [0.25, 0.3) is 5.69 Å². The van der Waals surface area contributed by atoms with Crippen LogP contribution in [0.1, 0.15) is 36.5 Å². The van der Waals surface area contributed by atoms with E-state index in [-0.39, 0.29) is 23.4 Å². The third-order valence-electron chi connectivity index (χ3n) is 3.55. The molecular weight excluding hydrogens is 330 g/mol. The van der Waals surface area contributed by atoms with Gasteiger partial charge in [-0.15, -0.1) is 0 Å². The van der Waals surface area contributed by atoms with E-state index in [0.717, 1.165) is 12.5 Å². The van der Waals surface area contributed by atoms with Gasteiger partial charge in [0.05, 0.1) is 4.92 Å². The molecule has 0 aliphatic rings. The average molecular weight is 347 g/mol. The molecule has 1 aromatic carbocycles. The second kappa shape index (κ2) is 7.99. The number of carboxylic acid groups (broad SMARTS) is 1. The van der Waals surface area contributed by atoms with Gasteiger partial charge in [0.25, 0.3) is 11.6 Å². The summed E-state index contributed by atoms with van der Waals surface area (Å²) in [6.45, 7) is 1.91. The van der Waals surface area contributed by atoms with Crippen molar-refractivity contribution < 1.29 is 19.6 Å². The van der Waals surface area contributed by atoms with E-state index in [4.69, 9.17) is 5.11 Å². The van der Waals surface area contributed by atoms with Gasteiger partial charge in [0.15, 0.2) is 0 Å². The zero-order chi connectivity index (χ0) is 18.4. The van der Waals surface area contributed by atoms with E-state index in [1.807, 2.05) is 6.92 Å². The first-order valence-corrected chi connectivity index (χ1v) is 7.61. The third-order valence-corrected chi connectivity index (χ3v) is 3.55. The van der Waals surface area contributed by atoms with Crippen molar-refractivity contribution in [3.8, 4) is 5.69 Å². The molecule has 1 amide bonds. The number of unbranched alkanes of at least 4 members (excludes halogenated alkanes) is 1. The van der Waals surface area contributed by atoms with Crippen molar-refractivity contribution in [1.29, 1.82) is 0 Å². The van der Waals surface area contributed by atoms with Crippen LogP contribution in [-0.4, -0.2) is 42.7 Å². The van der Waals surface area contributed by atoms with E-state index in [9.17, 15) is 19.7 Å². The quantitative estimate of drug-likeness (QED) is 0.545. The van der Waals surface area contributed by atoms with Gasteiger partial charge in [0.2, 0.25) is 0 Å². The number of aromatic nitrogens is 3. The summed E-state index contributed by atoms with van der Waals surface area (Å²) in [6, 6.07) is 2.79. The number of hydrogen-bond donors (Lipinski definition) is 2. The molecule has 1 atom stereocenters. The Balaban J connectivity index is 2.27. The van der Waals surface area contributed by atoms with E-state index < -0.39 is 22.8 Å². The van der Waals surface area contributed by atoms with Crippen LogP contribution in [-0.2, 0) is 4.79 Å². The number of nitrogens with one attached hydrogen (secondary N) is 1. The molecule has 25 heavy (non-hydrogen) atoms. The predicted molar refractivity (Wildman–Crippen MR) is 86.4 cm³/mol. The molecule has 2 aromatic rings. The molecule has 1 aromatic heterocycles. The van der Waals surface area contributed by atoms with Crippen LogP contribution in [0.5, 0.6) is 0 Å². The number of carbonyl (C=O) groups excluding carboxylic acids is 1. The minimum atomic E-state index is -1.14. The fourth-order valence-corrected chi connectivity index (χ4v) is 2.24. The fraction of sp³-hybridized carbons (Fsp3) is 0.333. The lowest BCUT2D eigenvalue weighted by Gasteiger charge is -2.14. The van der Waals surface area contributed by atoms with Gasteiger partial charge in [-0.1, -0.05) is 19.8 Å². The number of nitro benzene ring substituents is 1. The van der Waals surface area contributed by atoms with Crippen LogP contribution < -0.4 is 5.32 Å². The molecule has 0 fully saturated rings. The summed E-state index contributed by atoms with van der Waals surface area (Å²) in [5, 5.41) is 26.7. The molecule has 2 rings (SSSR count). The highest BCUT2D eigenvalue weighted by Crippen LogP contribution is 2.23. The highest BCUT2D eigenvalue weighted by atomic mass is 16.6. The number of carbonyl (C=O) groups is 2. The normalized spacial score (nSPS) is 11.7. The summed E-state index contributed by atoms with van der Waals surface area (Å²) in [5.41, 5.74) is -0.184. The van der Waals surface area contributed by atoms with Crippen LogP contribution in [0.15, 0.2) is 30.9 Å². The maximum atomic E-state index is 12.3. The minimum absolute atomic E-state index is 0.00156. The van der Waals surface area contributed by atoms with Gasteiger partial charge < -0.3 is 10.4 Å². The Hall–Kier alpha value is -3.30. The Kier molecular flexibility index (Phi) is 5.77. The van der Waals surface area contributed by atoms with E-state index in [2.05, 4.69) is 15.4 Å². The molecule has 0 aliphatic carbocycles. The standard InChI is InChI=1S/C15H17N5O5/c1-2-3-4-11(15(22)23)18-14(21)10-5-6-12(13(7-10)20(24)25)19-9-16-8-17-19/h5-9,11H,2-4H2,1H3,(H,18,21)(H,22,23). The first-order valence-electron chi connectivity index (χ1n) is 7.61. The first kappa shape index (κ1) is 18.0. The van der Waals surface area contributed by atoms with E-state index in [0.29, 0.717) is 6.42 Å². The molecular formula is C15H17N5O5. The topological polar surface area (TPSA) is 140 Å². The molecule has 2 N–H and O–H groups in total. The van der Waals surface area contributed by atoms with Gasteiger partial charge in [0.1, 0.15) is 24.4 Å². The summed E-state index contributed by atoms with van der Waals surface area (Å²) in [5.74, 6) is -1.83. The number of benzene rings is 1. The van der Waals surface area contributed by atoms with Gasteiger partial charge in [-0.2, -0.15) is 5.10 Å². The Morgan fingerprint density at radius 3 is 2.76 bits per heavy atom. The van der Waals surface area contributed by atoms with Crippen molar-refractivity contribution in [2.75, 3.05) is 0 Å². The van der Waals surface area contributed by atoms with E-state index in [1.54, 1.807) is 0 Å². The molecule has 0 spiro atoms. The molecule has 10 heteroatoms. The van der Waals surface area contributed by atoms with E-state index in [1.165, 1.54) is 29.5 Å². The van der Waals surface area contributed by atoms with Crippen LogP contribution in [0, 0.1) is 10.1 Å². The fourth-order valence-electron chi connectivity index (χ4n) is 2.24. The molecule has 1 unspecified atom stereocenters. The van der Waals surface area contributed by atoms with Crippen molar-refractivity contribution in [1.82, 2.24) is 20.1 Å². The van der Waals surface area contributed by atoms with Crippen molar-refractivity contribution in [3.63, 3.8) is 0 Å². The molecule has 10 nitrogen and oxygen atoms in total. The van der Waals surface area contributed by atoms with Gasteiger partial charge >= 0.3 is 5.97 Å². The summed E-state index contributed by atoms with van der Waals surface area (Å²) in [6.07, 6.45) is 4.25. The summed E-state index contributed by atoms with van der Waals surface area (Å²) < 4.78 is 1.21. The smallest absolute Gasteiger partial charge is 0.326 e. The number of nitro groups is 1. The number of rotatable bonds is 8. The molecule has 0 radical (unpaired) electrons. The molecule has 1 heterocycles. The van der Waals surface area contributed by atoms with Crippen LogP contribution in [0.3, 0.4) is 0 Å². The number of hydrogen-bond acceptors (Lipinski definition) is 6. The number of carboxylic acids is 1. The maximum Gasteiger partial charge on any atom is 0.326 e. The van der Waals surface area contributed by atoms with Gasteiger partial charge in [-0.25, -0.2) is 14.5 Å². The van der Waals surface area contributed by atoms with Crippen molar-refractivity contribution >= 4 is 17.6 Å². The lowest BCUT2D eigenvalue weighted by Crippen LogP contribution is -2.40. The van der Waals surface area contributed by atoms with Crippen molar-refractivity contribution in [2.45, 2.75) is 32.2 Å². The Labute approximate surface area is 142 Å². The summed E-state index contributed by atoms with van der Waals surface area (Å²) in [7, 11) is 0. The first-order chi connectivity index (χ1) is 11.9. The Bertz CT molecular complexity index is 775. The van der Waals surface area contributed by atoms with Crippen LogP contribution >= 0.6 is 0 Å². The zero-order valence-electron chi connectivity index (χ0n) is 13.5.